The monoisotopic (exact) mass is 300 g/mol. The van der Waals surface area contributed by atoms with Crippen LogP contribution in [-0.4, -0.2) is 15.9 Å². The lowest BCUT2D eigenvalue weighted by Crippen LogP contribution is -2.22. The molecule has 0 fully saturated rings. The van der Waals surface area contributed by atoms with Crippen LogP contribution in [0.4, 0.5) is 19.0 Å². The Kier molecular flexibility index (Phi) is 3.85. The lowest BCUT2D eigenvalue weighted by Gasteiger charge is -2.14. The van der Waals surface area contributed by atoms with Gasteiger partial charge in [0, 0.05) is 24.4 Å². The number of anilines is 1. The summed E-state index contributed by atoms with van der Waals surface area (Å²) in [6.45, 7) is -0.138. The lowest BCUT2D eigenvalue weighted by atomic mass is 10.2. The van der Waals surface area contributed by atoms with Crippen molar-refractivity contribution in [1.29, 1.82) is 0 Å². The molecule has 0 saturated carbocycles. The van der Waals surface area contributed by atoms with Gasteiger partial charge in [-0.25, -0.2) is 4.79 Å². The van der Waals surface area contributed by atoms with Crippen LogP contribution in [0, 0.1) is 0 Å². The second-order valence-corrected chi connectivity index (χ2v) is 4.05. The molecule has 4 N–H and O–H groups in total. The van der Waals surface area contributed by atoms with Crippen LogP contribution in [0.3, 0.4) is 0 Å². The van der Waals surface area contributed by atoms with Crippen LogP contribution >= 0.6 is 0 Å². The third-order valence-corrected chi connectivity index (χ3v) is 2.60. The molecule has 1 aromatic heterocycles. The highest BCUT2D eigenvalue weighted by Crippen LogP contribution is 2.28. The molecular formula is C12H11F3N4O2. The fourth-order valence-electron chi connectivity index (χ4n) is 1.69. The molecule has 21 heavy (non-hydrogen) atoms. The van der Waals surface area contributed by atoms with E-state index in [4.69, 9.17) is 11.5 Å². The van der Waals surface area contributed by atoms with Crippen molar-refractivity contribution in [3.63, 3.8) is 0 Å². The Morgan fingerprint density at radius 2 is 2.00 bits per heavy atom. The quantitative estimate of drug-likeness (QED) is 0.887. The first-order valence-corrected chi connectivity index (χ1v) is 5.74. The van der Waals surface area contributed by atoms with E-state index in [2.05, 4.69) is 9.72 Å². The molecule has 112 valence electrons. The van der Waals surface area contributed by atoms with Crippen molar-refractivity contribution >= 4 is 5.82 Å². The van der Waals surface area contributed by atoms with Gasteiger partial charge >= 0.3 is 12.1 Å². The molecule has 6 nitrogen and oxygen atoms in total. The number of alkyl halides is 3. The molecule has 0 radical (unpaired) electrons. The van der Waals surface area contributed by atoms with E-state index in [-0.39, 0.29) is 23.6 Å². The minimum Gasteiger partial charge on any atom is -0.405 e. The van der Waals surface area contributed by atoms with Gasteiger partial charge < -0.3 is 16.2 Å². The van der Waals surface area contributed by atoms with Gasteiger partial charge in [0.2, 0.25) is 0 Å². The number of halogens is 3. The molecule has 2 aromatic rings. The lowest BCUT2D eigenvalue weighted by molar-refractivity contribution is -0.274. The Balaban J connectivity index is 2.51. The van der Waals surface area contributed by atoms with E-state index in [9.17, 15) is 18.0 Å². The van der Waals surface area contributed by atoms with Gasteiger partial charge in [-0.15, -0.1) is 13.2 Å². The van der Waals surface area contributed by atoms with Gasteiger partial charge in [-0.05, 0) is 12.1 Å². The zero-order valence-corrected chi connectivity index (χ0v) is 10.6. The maximum atomic E-state index is 12.4. The summed E-state index contributed by atoms with van der Waals surface area (Å²) in [4.78, 5) is 15.2. The molecule has 2 rings (SSSR count). The fraction of sp³-hybridized carbons (Fsp3) is 0.167. The summed E-state index contributed by atoms with van der Waals surface area (Å²) in [5.41, 5.74) is 10.3. The molecule has 0 spiro atoms. The van der Waals surface area contributed by atoms with Crippen molar-refractivity contribution in [3.05, 3.63) is 46.5 Å². The van der Waals surface area contributed by atoms with Crippen LogP contribution in [0.15, 0.2) is 35.3 Å². The van der Waals surface area contributed by atoms with Crippen molar-refractivity contribution in [2.45, 2.75) is 12.9 Å². The largest absolute Gasteiger partial charge is 0.573 e. The topological polar surface area (TPSA) is 96.2 Å². The highest BCUT2D eigenvalue weighted by molar-refractivity contribution is 5.45. The minimum absolute atomic E-state index is 0.0154. The van der Waals surface area contributed by atoms with E-state index in [0.29, 0.717) is 0 Å². The van der Waals surface area contributed by atoms with Crippen molar-refractivity contribution in [2.75, 3.05) is 5.73 Å². The van der Waals surface area contributed by atoms with Gasteiger partial charge in [-0.3, -0.25) is 4.57 Å². The number of nitrogens with zero attached hydrogens (tertiary/aromatic N) is 2. The molecule has 0 aliphatic rings. The molecule has 0 saturated heterocycles. The van der Waals surface area contributed by atoms with E-state index < -0.39 is 17.8 Å². The standard InChI is InChI=1S/C12H11F3N4O2/c13-12(14,15)21-9-5-8(2-1-7(9)6-16)19-4-3-10(17)18-11(19)20/h1-5H,6,16H2,(H2,17,18,20). The van der Waals surface area contributed by atoms with Gasteiger partial charge in [0.15, 0.2) is 0 Å². The van der Waals surface area contributed by atoms with Crippen LogP contribution in [0.5, 0.6) is 5.75 Å². The van der Waals surface area contributed by atoms with Crippen molar-refractivity contribution in [3.8, 4) is 11.4 Å². The molecule has 1 aromatic carbocycles. The van der Waals surface area contributed by atoms with Crippen LogP contribution in [-0.2, 0) is 6.54 Å². The zero-order valence-electron chi connectivity index (χ0n) is 10.6. The van der Waals surface area contributed by atoms with Gasteiger partial charge in [0.1, 0.15) is 11.6 Å². The van der Waals surface area contributed by atoms with Gasteiger partial charge in [0.25, 0.3) is 0 Å². The van der Waals surface area contributed by atoms with Gasteiger partial charge in [-0.2, -0.15) is 4.98 Å². The van der Waals surface area contributed by atoms with E-state index in [1.165, 1.54) is 24.4 Å². The smallest absolute Gasteiger partial charge is 0.405 e. The first-order valence-electron chi connectivity index (χ1n) is 5.74. The number of rotatable bonds is 3. The number of nitrogen functional groups attached to an aromatic ring is 1. The Morgan fingerprint density at radius 3 is 2.57 bits per heavy atom. The molecule has 1 heterocycles. The number of hydrogen-bond donors (Lipinski definition) is 2. The fourth-order valence-corrected chi connectivity index (χ4v) is 1.69. The van der Waals surface area contributed by atoms with E-state index in [0.717, 1.165) is 10.6 Å². The van der Waals surface area contributed by atoms with Crippen LogP contribution in [0.2, 0.25) is 0 Å². The number of ether oxygens (including phenoxy) is 1. The summed E-state index contributed by atoms with van der Waals surface area (Å²) < 4.78 is 42.0. The van der Waals surface area contributed by atoms with Crippen LogP contribution < -0.4 is 21.9 Å². The molecule has 0 bridgehead atoms. The van der Waals surface area contributed by atoms with Crippen LogP contribution in [0.1, 0.15) is 5.56 Å². The summed E-state index contributed by atoms with van der Waals surface area (Å²) in [6.07, 6.45) is -3.55. The SMILES string of the molecule is NCc1ccc(-n2ccc(N)nc2=O)cc1OC(F)(F)F. The van der Waals surface area contributed by atoms with Gasteiger partial charge in [-0.1, -0.05) is 6.07 Å². The summed E-state index contributed by atoms with van der Waals surface area (Å²) in [6, 6.07) is 5.20. The summed E-state index contributed by atoms with van der Waals surface area (Å²) in [5.74, 6) is -0.451. The molecule has 0 atom stereocenters. The third kappa shape index (κ3) is 3.51. The average molecular weight is 300 g/mol. The van der Waals surface area contributed by atoms with Gasteiger partial charge in [0.05, 0.1) is 5.69 Å². The summed E-state index contributed by atoms with van der Waals surface area (Å²) >= 11 is 0. The third-order valence-electron chi connectivity index (χ3n) is 2.60. The summed E-state index contributed by atoms with van der Waals surface area (Å²) in [7, 11) is 0. The van der Waals surface area contributed by atoms with E-state index in [1.54, 1.807) is 0 Å². The minimum atomic E-state index is -4.85. The number of nitrogens with two attached hydrogens (primary N) is 2. The molecule has 0 aliphatic carbocycles. The maximum absolute atomic E-state index is 12.4. The molecule has 0 aliphatic heterocycles. The average Bonchev–Trinajstić information content (AvgIpc) is 2.36. The normalized spacial score (nSPS) is 11.4. The van der Waals surface area contributed by atoms with Crippen molar-refractivity contribution in [2.24, 2.45) is 5.73 Å². The van der Waals surface area contributed by atoms with Crippen LogP contribution in [0.25, 0.3) is 5.69 Å². The van der Waals surface area contributed by atoms with Crippen molar-refractivity contribution in [1.82, 2.24) is 9.55 Å². The Hall–Kier alpha value is -2.55. The van der Waals surface area contributed by atoms with E-state index >= 15 is 0 Å². The molecule has 9 heteroatoms. The first-order chi connectivity index (χ1) is 9.80. The van der Waals surface area contributed by atoms with E-state index in [1.807, 2.05) is 0 Å². The highest BCUT2D eigenvalue weighted by Gasteiger charge is 2.32. The zero-order chi connectivity index (χ0) is 15.6. The molecule has 0 amide bonds. The maximum Gasteiger partial charge on any atom is 0.573 e. The number of aromatic nitrogens is 2. The summed E-state index contributed by atoms with van der Waals surface area (Å²) in [5, 5.41) is 0. The van der Waals surface area contributed by atoms with Crippen molar-refractivity contribution < 1.29 is 17.9 Å². The molecular weight excluding hydrogens is 289 g/mol. The highest BCUT2D eigenvalue weighted by atomic mass is 19.4. The second-order valence-electron chi connectivity index (χ2n) is 4.05. The first kappa shape index (κ1) is 14.9. The number of hydrogen-bond acceptors (Lipinski definition) is 5. The predicted molar refractivity (Wildman–Crippen MR) is 68.8 cm³/mol. The number of benzene rings is 1. The predicted octanol–water partition coefficient (Wildman–Crippen LogP) is 1.17. The molecule has 0 unspecified atom stereocenters. The second kappa shape index (κ2) is 5.44. The Morgan fingerprint density at radius 1 is 1.29 bits per heavy atom. The Labute approximate surface area is 116 Å². The Bertz CT molecular complexity index is 712.